The molecular formula is C7H15N3O3. The highest BCUT2D eigenvalue weighted by atomic mass is 16.5. The van der Waals surface area contributed by atoms with Gasteiger partial charge in [-0.2, -0.15) is 0 Å². The molecule has 13 heavy (non-hydrogen) atoms. The SMILES string of the molecule is COCCN(CC(N)=O)CC(N)=O. The van der Waals surface area contributed by atoms with E-state index in [0.29, 0.717) is 13.2 Å². The molecule has 0 aliphatic rings. The van der Waals surface area contributed by atoms with E-state index in [1.807, 2.05) is 0 Å². The lowest BCUT2D eigenvalue weighted by Crippen LogP contribution is -2.41. The number of methoxy groups -OCH3 is 1. The van der Waals surface area contributed by atoms with E-state index in [4.69, 9.17) is 16.2 Å². The van der Waals surface area contributed by atoms with Gasteiger partial charge < -0.3 is 16.2 Å². The first kappa shape index (κ1) is 11.9. The van der Waals surface area contributed by atoms with E-state index in [9.17, 15) is 9.59 Å². The average Bonchev–Trinajstić information content (AvgIpc) is 1.98. The first-order valence-corrected chi connectivity index (χ1v) is 3.84. The summed E-state index contributed by atoms with van der Waals surface area (Å²) < 4.78 is 4.79. The van der Waals surface area contributed by atoms with Crippen LogP contribution in [0.25, 0.3) is 0 Å². The fourth-order valence-corrected chi connectivity index (χ4v) is 0.875. The summed E-state index contributed by atoms with van der Waals surface area (Å²) in [5, 5.41) is 0. The van der Waals surface area contributed by atoms with Gasteiger partial charge in [-0.25, -0.2) is 0 Å². The van der Waals surface area contributed by atoms with Crippen molar-refractivity contribution in [3.8, 4) is 0 Å². The molecule has 4 N–H and O–H groups in total. The smallest absolute Gasteiger partial charge is 0.231 e. The molecule has 6 nitrogen and oxygen atoms in total. The molecule has 6 heteroatoms. The Morgan fingerprint density at radius 2 is 1.69 bits per heavy atom. The van der Waals surface area contributed by atoms with Crippen molar-refractivity contribution >= 4 is 11.8 Å². The van der Waals surface area contributed by atoms with E-state index in [0.717, 1.165) is 0 Å². The minimum Gasteiger partial charge on any atom is -0.383 e. The summed E-state index contributed by atoms with van der Waals surface area (Å²) in [5.41, 5.74) is 9.93. The fourth-order valence-electron chi connectivity index (χ4n) is 0.875. The largest absolute Gasteiger partial charge is 0.383 e. The molecule has 0 aromatic heterocycles. The molecule has 0 aromatic rings. The van der Waals surface area contributed by atoms with Crippen molar-refractivity contribution in [2.75, 3.05) is 33.4 Å². The average molecular weight is 189 g/mol. The molecule has 0 aromatic carbocycles. The first-order valence-electron chi connectivity index (χ1n) is 3.84. The Kier molecular flexibility index (Phi) is 5.82. The van der Waals surface area contributed by atoms with Crippen LogP contribution in [0.1, 0.15) is 0 Å². The molecule has 0 saturated heterocycles. The summed E-state index contributed by atoms with van der Waals surface area (Å²) in [5.74, 6) is -0.977. The summed E-state index contributed by atoms with van der Waals surface area (Å²) in [6, 6.07) is 0. The summed E-state index contributed by atoms with van der Waals surface area (Å²) >= 11 is 0. The van der Waals surface area contributed by atoms with Crippen molar-refractivity contribution in [1.29, 1.82) is 0 Å². The van der Waals surface area contributed by atoms with Gasteiger partial charge in [0.25, 0.3) is 0 Å². The normalized spacial score (nSPS) is 10.3. The summed E-state index contributed by atoms with van der Waals surface area (Å²) in [4.78, 5) is 22.6. The zero-order valence-corrected chi connectivity index (χ0v) is 7.66. The Bertz CT molecular complexity index is 168. The van der Waals surface area contributed by atoms with Gasteiger partial charge in [0.2, 0.25) is 11.8 Å². The second-order valence-electron chi connectivity index (χ2n) is 2.64. The van der Waals surface area contributed by atoms with E-state index in [-0.39, 0.29) is 13.1 Å². The summed E-state index contributed by atoms with van der Waals surface area (Å²) in [6.45, 7) is 0.932. The Morgan fingerprint density at radius 1 is 1.23 bits per heavy atom. The third-order valence-corrected chi connectivity index (χ3v) is 1.37. The quantitative estimate of drug-likeness (QED) is 0.479. The number of carbonyl (C=O) groups is 2. The lowest BCUT2D eigenvalue weighted by molar-refractivity contribution is -0.122. The Labute approximate surface area is 76.8 Å². The van der Waals surface area contributed by atoms with Gasteiger partial charge in [0.05, 0.1) is 19.7 Å². The maximum atomic E-state index is 10.5. The minimum absolute atomic E-state index is 0.0201. The number of nitrogens with two attached hydrogens (primary N) is 2. The topological polar surface area (TPSA) is 98.7 Å². The highest BCUT2D eigenvalue weighted by molar-refractivity contribution is 5.79. The Balaban J connectivity index is 3.87. The molecular weight excluding hydrogens is 174 g/mol. The van der Waals surface area contributed by atoms with Gasteiger partial charge in [-0.1, -0.05) is 0 Å². The van der Waals surface area contributed by atoms with Crippen molar-refractivity contribution in [1.82, 2.24) is 4.90 Å². The van der Waals surface area contributed by atoms with Crippen LogP contribution in [-0.2, 0) is 14.3 Å². The van der Waals surface area contributed by atoms with Crippen LogP contribution < -0.4 is 11.5 Å². The van der Waals surface area contributed by atoms with E-state index < -0.39 is 11.8 Å². The standard InChI is InChI=1S/C7H15N3O3/c1-13-3-2-10(4-6(8)11)5-7(9)12/h2-5H2,1H3,(H2,8,11)(H2,9,12). The van der Waals surface area contributed by atoms with Gasteiger partial charge in [0.15, 0.2) is 0 Å². The van der Waals surface area contributed by atoms with Crippen LogP contribution in [0, 0.1) is 0 Å². The molecule has 76 valence electrons. The summed E-state index contributed by atoms with van der Waals surface area (Å²) in [7, 11) is 1.53. The molecule has 0 heterocycles. The lowest BCUT2D eigenvalue weighted by atomic mass is 10.4. The van der Waals surface area contributed by atoms with Gasteiger partial charge in [-0.3, -0.25) is 14.5 Å². The van der Waals surface area contributed by atoms with E-state index in [1.165, 1.54) is 12.0 Å². The van der Waals surface area contributed by atoms with Gasteiger partial charge in [0, 0.05) is 13.7 Å². The maximum Gasteiger partial charge on any atom is 0.231 e. The molecule has 0 unspecified atom stereocenters. The van der Waals surface area contributed by atoms with Gasteiger partial charge in [-0.15, -0.1) is 0 Å². The number of primary amides is 2. The number of amides is 2. The highest BCUT2D eigenvalue weighted by Gasteiger charge is 2.10. The molecule has 0 spiro atoms. The van der Waals surface area contributed by atoms with Crippen molar-refractivity contribution in [2.24, 2.45) is 11.5 Å². The third kappa shape index (κ3) is 7.23. The molecule has 0 bridgehead atoms. The predicted molar refractivity (Wildman–Crippen MR) is 46.7 cm³/mol. The number of nitrogens with zero attached hydrogens (tertiary/aromatic N) is 1. The van der Waals surface area contributed by atoms with Crippen LogP contribution in [0.2, 0.25) is 0 Å². The molecule has 0 aliphatic heterocycles. The first-order chi connectivity index (χ1) is 6.06. The number of hydrogen-bond donors (Lipinski definition) is 2. The Hall–Kier alpha value is -1.14. The van der Waals surface area contributed by atoms with Crippen LogP contribution in [0.4, 0.5) is 0 Å². The molecule has 0 rings (SSSR count). The lowest BCUT2D eigenvalue weighted by Gasteiger charge is -2.17. The number of carbonyl (C=O) groups excluding carboxylic acids is 2. The van der Waals surface area contributed by atoms with Crippen molar-refractivity contribution < 1.29 is 14.3 Å². The van der Waals surface area contributed by atoms with Crippen molar-refractivity contribution in [2.45, 2.75) is 0 Å². The van der Waals surface area contributed by atoms with Crippen LogP contribution in [0.15, 0.2) is 0 Å². The van der Waals surface area contributed by atoms with Crippen molar-refractivity contribution in [3.63, 3.8) is 0 Å². The number of hydrogen-bond acceptors (Lipinski definition) is 4. The fraction of sp³-hybridized carbons (Fsp3) is 0.714. The van der Waals surface area contributed by atoms with Crippen LogP contribution in [-0.4, -0.2) is 50.1 Å². The zero-order chi connectivity index (χ0) is 10.3. The molecule has 0 fully saturated rings. The Morgan fingerprint density at radius 3 is 2.00 bits per heavy atom. The zero-order valence-electron chi connectivity index (χ0n) is 7.66. The summed E-state index contributed by atoms with van der Waals surface area (Å²) in [6.07, 6.45) is 0. The second kappa shape index (κ2) is 6.38. The second-order valence-corrected chi connectivity index (χ2v) is 2.64. The number of ether oxygens (including phenoxy) is 1. The number of rotatable bonds is 7. The molecule has 2 amide bonds. The monoisotopic (exact) mass is 189 g/mol. The van der Waals surface area contributed by atoms with Crippen LogP contribution >= 0.6 is 0 Å². The predicted octanol–water partition coefficient (Wildman–Crippen LogP) is -2.09. The molecule has 0 saturated carbocycles. The van der Waals surface area contributed by atoms with Crippen molar-refractivity contribution in [3.05, 3.63) is 0 Å². The van der Waals surface area contributed by atoms with Crippen LogP contribution in [0.5, 0.6) is 0 Å². The third-order valence-electron chi connectivity index (χ3n) is 1.37. The van der Waals surface area contributed by atoms with E-state index in [1.54, 1.807) is 0 Å². The molecule has 0 radical (unpaired) electrons. The van der Waals surface area contributed by atoms with Crippen LogP contribution in [0.3, 0.4) is 0 Å². The van der Waals surface area contributed by atoms with E-state index in [2.05, 4.69) is 0 Å². The molecule has 0 aliphatic carbocycles. The highest BCUT2D eigenvalue weighted by Crippen LogP contribution is 1.86. The van der Waals surface area contributed by atoms with Gasteiger partial charge >= 0.3 is 0 Å². The maximum absolute atomic E-state index is 10.5. The van der Waals surface area contributed by atoms with Gasteiger partial charge in [0.1, 0.15) is 0 Å². The van der Waals surface area contributed by atoms with E-state index >= 15 is 0 Å². The minimum atomic E-state index is -0.489. The molecule has 0 atom stereocenters. The van der Waals surface area contributed by atoms with Gasteiger partial charge in [-0.05, 0) is 0 Å².